The van der Waals surface area contributed by atoms with Crippen LogP contribution in [0.1, 0.15) is 49.9 Å². The van der Waals surface area contributed by atoms with Crippen LogP contribution in [-0.2, 0) is 4.74 Å². The Hall–Kier alpha value is -1.71. The van der Waals surface area contributed by atoms with E-state index in [1.165, 1.54) is 12.8 Å². The second kappa shape index (κ2) is 6.64. The molecule has 2 rings (SSSR count). The molecule has 0 aromatic heterocycles. The van der Waals surface area contributed by atoms with E-state index in [-0.39, 0.29) is 5.97 Å². The summed E-state index contributed by atoms with van der Waals surface area (Å²) in [6.45, 7) is 5.32. The minimum absolute atomic E-state index is 0.281. The average Bonchev–Trinajstić information content (AvgIpc) is 3.25. The average molecular weight is 276 g/mol. The zero-order chi connectivity index (χ0) is 14.5. The molecule has 1 aromatic rings. The standard InChI is InChI=1S/C16H24N2O2/c1-3-5-11-18(12-9-10-12)15-13(16(19)20-4-2)7-6-8-14(15)17/h6-8,12H,3-5,9-11,17H2,1-2H3. The third-order valence-corrected chi connectivity index (χ3v) is 3.59. The summed E-state index contributed by atoms with van der Waals surface area (Å²) in [5.74, 6) is -0.281. The summed E-state index contributed by atoms with van der Waals surface area (Å²) in [4.78, 5) is 14.4. The number of ether oxygens (including phenoxy) is 1. The van der Waals surface area contributed by atoms with Crippen molar-refractivity contribution >= 4 is 17.3 Å². The monoisotopic (exact) mass is 276 g/mol. The van der Waals surface area contributed by atoms with Gasteiger partial charge in [0.2, 0.25) is 0 Å². The van der Waals surface area contributed by atoms with Crippen molar-refractivity contribution in [2.24, 2.45) is 0 Å². The molecule has 4 nitrogen and oxygen atoms in total. The molecule has 0 bridgehead atoms. The Bertz CT molecular complexity index is 470. The molecular formula is C16H24N2O2. The van der Waals surface area contributed by atoms with Crippen LogP contribution in [0.2, 0.25) is 0 Å². The molecule has 0 atom stereocenters. The highest BCUT2D eigenvalue weighted by atomic mass is 16.5. The summed E-state index contributed by atoms with van der Waals surface area (Å²) >= 11 is 0. The number of rotatable bonds is 7. The number of esters is 1. The first-order valence-corrected chi connectivity index (χ1v) is 7.51. The van der Waals surface area contributed by atoms with E-state index in [1.807, 2.05) is 25.1 Å². The van der Waals surface area contributed by atoms with E-state index in [1.54, 1.807) is 0 Å². The second-order valence-electron chi connectivity index (χ2n) is 5.24. The molecule has 4 heteroatoms. The first kappa shape index (κ1) is 14.7. The first-order chi connectivity index (χ1) is 9.69. The van der Waals surface area contributed by atoms with Crippen molar-refractivity contribution in [3.8, 4) is 0 Å². The van der Waals surface area contributed by atoms with Crippen LogP contribution < -0.4 is 10.6 Å². The number of anilines is 2. The van der Waals surface area contributed by atoms with Gasteiger partial charge in [-0.05, 0) is 38.3 Å². The van der Waals surface area contributed by atoms with Crippen LogP contribution in [0, 0.1) is 0 Å². The summed E-state index contributed by atoms with van der Waals surface area (Å²) in [5.41, 5.74) is 8.26. The van der Waals surface area contributed by atoms with E-state index < -0.39 is 0 Å². The lowest BCUT2D eigenvalue weighted by atomic mass is 10.1. The number of nitrogen functional groups attached to an aromatic ring is 1. The molecule has 0 spiro atoms. The van der Waals surface area contributed by atoms with Gasteiger partial charge in [0, 0.05) is 12.6 Å². The van der Waals surface area contributed by atoms with Crippen LogP contribution in [0.4, 0.5) is 11.4 Å². The maximum atomic E-state index is 12.1. The maximum absolute atomic E-state index is 12.1. The predicted molar refractivity (Wildman–Crippen MR) is 82.1 cm³/mol. The maximum Gasteiger partial charge on any atom is 0.340 e. The lowest BCUT2D eigenvalue weighted by Gasteiger charge is -2.28. The van der Waals surface area contributed by atoms with Gasteiger partial charge >= 0.3 is 5.97 Å². The van der Waals surface area contributed by atoms with E-state index in [4.69, 9.17) is 10.5 Å². The van der Waals surface area contributed by atoms with Gasteiger partial charge < -0.3 is 15.4 Å². The van der Waals surface area contributed by atoms with Crippen LogP contribution >= 0.6 is 0 Å². The zero-order valence-electron chi connectivity index (χ0n) is 12.4. The van der Waals surface area contributed by atoms with Gasteiger partial charge in [0.1, 0.15) is 0 Å². The van der Waals surface area contributed by atoms with Gasteiger partial charge in [0.25, 0.3) is 0 Å². The number of carbonyl (C=O) groups excluding carboxylic acids is 1. The smallest absolute Gasteiger partial charge is 0.340 e. The van der Waals surface area contributed by atoms with E-state index in [9.17, 15) is 4.79 Å². The van der Waals surface area contributed by atoms with Crippen molar-refractivity contribution in [2.45, 2.75) is 45.6 Å². The highest BCUT2D eigenvalue weighted by Crippen LogP contribution is 2.37. The van der Waals surface area contributed by atoms with Gasteiger partial charge in [-0.2, -0.15) is 0 Å². The van der Waals surface area contributed by atoms with Gasteiger partial charge in [-0.15, -0.1) is 0 Å². The van der Waals surface area contributed by atoms with Gasteiger partial charge in [-0.3, -0.25) is 0 Å². The number of hydrogen-bond donors (Lipinski definition) is 1. The molecule has 1 saturated carbocycles. The Morgan fingerprint density at radius 1 is 1.40 bits per heavy atom. The Balaban J connectivity index is 2.33. The van der Waals surface area contributed by atoms with Crippen molar-refractivity contribution in [1.82, 2.24) is 0 Å². The second-order valence-corrected chi connectivity index (χ2v) is 5.24. The number of hydrogen-bond acceptors (Lipinski definition) is 4. The lowest BCUT2D eigenvalue weighted by Crippen LogP contribution is -2.29. The molecule has 0 aliphatic heterocycles. The summed E-state index contributed by atoms with van der Waals surface area (Å²) < 4.78 is 5.16. The number of unbranched alkanes of at least 4 members (excludes halogenated alkanes) is 1. The Labute approximate surface area is 120 Å². The van der Waals surface area contributed by atoms with Crippen molar-refractivity contribution in [2.75, 3.05) is 23.8 Å². The van der Waals surface area contributed by atoms with E-state index in [0.29, 0.717) is 23.9 Å². The third kappa shape index (κ3) is 3.24. The number of carbonyl (C=O) groups is 1. The van der Waals surface area contributed by atoms with Crippen LogP contribution in [0.3, 0.4) is 0 Å². The molecule has 1 aliphatic rings. The first-order valence-electron chi connectivity index (χ1n) is 7.51. The van der Waals surface area contributed by atoms with Crippen LogP contribution in [0.15, 0.2) is 18.2 Å². The normalized spacial score (nSPS) is 14.1. The molecule has 1 fully saturated rings. The zero-order valence-corrected chi connectivity index (χ0v) is 12.4. The molecule has 110 valence electrons. The van der Waals surface area contributed by atoms with Gasteiger partial charge in [-0.25, -0.2) is 4.79 Å². The molecule has 2 N–H and O–H groups in total. The summed E-state index contributed by atoms with van der Waals surface area (Å²) in [6, 6.07) is 6.01. The number of nitrogens with zero attached hydrogens (tertiary/aromatic N) is 1. The SMILES string of the molecule is CCCCN(c1c(N)cccc1C(=O)OCC)C1CC1. The lowest BCUT2D eigenvalue weighted by molar-refractivity contribution is 0.0527. The molecule has 1 aromatic carbocycles. The fourth-order valence-corrected chi connectivity index (χ4v) is 2.45. The molecular weight excluding hydrogens is 252 g/mol. The van der Waals surface area contributed by atoms with Crippen molar-refractivity contribution < 1.29 is 9.53 Å². The Morgan fingerprint density at radius 3 is 2.75 bits per heavy atom. The summed E-state index contributed by atoms with van der Waals surface area (Å²) in [7, 11) is 0. The van der Waals surface area contributed by atoms with Crippen LogP contribution in [-0.4, -0.2) is 25.2 Å². The summed E-state index contributed by atoms with van der Waals surface area (Å²) in [6.07, 6.45) is 4.60. The summed E-state index contributed by atoms with van der Waals surface area (Å²) in [5, 5.41) is 0. The van der Waals surface area contributed by atoms with E-state index in [0.717, 1.165) is 25.1 Å². The fraction of sp³-hybridized carbons (Fsp3) is 0.562. The molecule has 0 unspecified atom stereocenters. The van der Waals surface area contributed by atoms with Crippen molar-refractivity contribution in [3.05, 3.63) is 23.8 Å². The Kier molecular flexibility index (Phi) is 4.88. The van der Waals surface area contributed by atoms with Crippen molar-refractivity contribution in [1.29, 1.82) is 0 Å². The van der Waals surface area contributed by atoms with Gasteiger partial charge in [0.15, 0.2) is 0 Å². The van der Waals surface area contributed by atoms with Crippen LogP contribution in [0.25, 0.3) is 0 Å². The Morgan fingerprint density at radius 2 is 2.15 bits per heavy atom. The van der Waals surface area contributed by atoms with Crippen molar-refractivity contribution in [3.63, 3.8) is 0 Å². The molecule has 0 amide bonds. The molecule has 0 heterocycles. The number of benzene rings is 1. The minimum atomic E-state index is -0.281. The van der Waals surface area contributed by atoms with E-state index >= 15 is 0 Å². The molecule has 0 radical (unpaired) electrons. The molecule has 20 heavy (non-hydrogen) atoms. The third-order valence-electron chi connectivity index (χ3n) is 3.59. The topological polar surface area (TPSA) is 55.6 Å². The van der Waals surface area contributed by atoms with Crippen LogP contribution in [0.5, 0.6) is 0 Å². The number of para-hydroxylation sites is 1. The highest BCUT2D eigenvalue weighted by molar-refractivity contribution is 5.99. The fourth-order valence-electron chi connectivity index (χ4n) is 2.45. The molecule has 1 aliphatic carbocycles. The van der Waals surface area contributed by atoms with Gasteiger partial charge in [0.05, 0.1) is 23.5 Å². The largest absolute Gasteiger partial charge is 0.462 e. The number of nitrogens with two attached hydrogens (primary N) is 1. The minimum Gasteiger partial charge on any atom is -0.462 e. The van der Waals surface area contributed by atoms with E-state index in [2.05, 4.69) is 11.8 Å². The van der Waals surface area contributed by atoms with Gasteiger partial charge in [-0.1, -0.05) is 19.4 Å². The predicted octanol–water partition coefficient (Wildman–Crippen LogP) is 3.21. The molecule has 0 saturated heterocycles. The quantitative estimate of drug-likeness (QED) is 0.613. The highest BCUT2D eigenvalue weighted by Gasteiger charge is 2.32.